The molecular formula is C20H20FN5O. The molecule has 2 N–H and O–H groups in total. The first-order valence-electron chi connectivity index (χ1n) is 8.61. The zero-order valence-corrected chi connectivity index (χ0v) is 14.9. The number of aromatic nitrogens is 3. The van der Waals surface area contributed by atoms with Gasteiger partial charge in [-0.25, -0.2) is 14.4 Å². The van der Waals surface area contributed by atoms with Gasteiger partial charge in [0, 0.05) is 31.5 Å². The summed E-state index contributed by atoms with van der Waals surface area (Å²) in [5.41, 5.74) is 2.27. The number of rotatable bonds is 7. The molecule has 1 aromatic carbocycles. The summed E-state index contributed by atoms with van der Waals surface area (Å²) in [6.45, 7) is 2.73. The van der Waals surface area contributed by atoms with Crippen LogP contribution in [0.5, 0.6) is 0 Å². The highest BCUT2D eigenvalue weighted by molar-refractivity contribution is 5.92. The number of nitrogens with one attached hydrogen (secondary N) is 2. The third-order valence-electron chi connectivity index (χ3n) is 3.88. The molecule has 0 fully saturated rings. The van der Waals surface area contributed by atoms with Gasteiger partial charge in [0.15, 0.2) is 0 Å². The summed E-state index contributed by atoms with van der Waals surface area (Å²) in [5.74, 6) is 0.544. The minimum absolute atomic E-state index is 0.271. The van der Waals surface area contributed by atoms with Gasteiger partial charge < -0.3 is 10.6 Å². The van der Waals surface area contributed by atoms with Crippen molar-refractivity contribution in [3.8, 4) is 0 Å². The van der Waals surface area contributed by atoms with Crippen LogP contribution in [0.3, 0.4) is 0 Å². The van der Waals surface area contributed by atoms with Gasteiger partial charge in [-0.15, -0.1) is 0 Å². The van der Waals surface area contributed by atoms with E-state index in [-0.39, 0.29) is 11.7 Å². The third kappa shape index (κ3) is 5.57. The fourth-order valence-corrected chi connectivity index (χ4v) is 2.53. The van der Waals surface area contributed by atoms with Gasteiger partial charge in [-0.2, -0.15) is 0 Å². The average molecular weight is 365 g/mol. The predicted molar refractivity (Wildman–Crippen MR) is 101 cm³/mol. The Morgan fingerprint density at radius 1 is 1.11 bits per heavy atom. The number of hydrogen-bond donors (Lipinski definition) is 2. The van der Waals surface area contributed by atoms with Gasteiger partial charge in [-0.3, -0.25) is 9.78 Å². The second-order valence-corrected chi connectivity index (χ2v) is 6.03. The number of benzene rings is 1. The largest absolute Gasteiger partial charge is 0.366 e. The van der Waals surface area contributed by atoms with E-state index >= 15 is 0 Å². The maximum absolute atomic E-state index is 12.9. The summed E-state index contributed by atoms with van der Waals surface area (Å²) in [7, 11) is 0. The van der Waals surface area contributed by atoms with Gasteiger partial charge in [-0.1, -0.05) is 18.2 Å². The maximum Gasteiger partial charge on any atom is 0.270 e. The van der Waals surface area contributed by atoms with Crippen LogP contribution in [0.4, 0.5) is 10.2 Å². The van der Waals surface area contributed by atoms with Crippen LogP contribution in [0.15, 0.2) is 54.9 Å². The Balaban J connectivity index is 1.57. The number of nitrogens with zero attached hydrogens (tertiary/aromatic N) is 3. The lowest BCUT2D eigenvalue weighted by Gasteiger charge is -2.09. The third-order valence-corrected chi connectivity index (χ3v) is 3.88. The molecule has 0 aliphatic rings. The molecule has 0 atom stereocenters. The SMILES string of the molecule is Cc1nc(NCc2cccnc2)cc(C(=O)NCCc2ccc(F)cc2)n1. The Labute approximate surface area is 156 Å². The fourth-order valence-electron chi connectivity index (χ4n) is 2.53. The highest BCUT2D eigenvalue weighted by Crippen LogP contribution is 2.09. The van der Waals surface area contributed by atoms with E-state index in [9.17, 15) is 9.18 Å². The molecule has 0 spiro atoms. The molecule has 1 amide bonds. The molecule has 3 rings (SSSR count). The highest BCUT2D eigenvalue weighted by atomic mass is 19.1. The molecule has 138 valence electrons. The van der Waals surface area contributed by atoms with Crippen LogP contribution in [-0.2, 0) is 13.0 Å². The van der Waals surface area contributed by atoms with Gasteiger partial charge in [0.1, 0.15) is 23.2 Å². The Morgan fingerprint density at radius 2 is 1.93 bits per heavy atom. The van der Waals surface area contributed by atoms with Crippen LogP contribution in [0.2, 0.25) is 0 Å². The number of carbonyl (C=O) groups is 1. The van der Waals surface area contributed by atoms with Crippen LogP contribution in [-0.4, -0.2) is 27.4 Å². The number of halogens is 1. The Kier molecular flexibility index (Phi) is 6.04. The Hall–Kier alpha value is -3.35. The highest BCUT2D eigenvalue weighted by Gasteiger charge is 2.10. The van der Waals surface area contributed by atoms with Crippen molar-refractivity contribution in [3.05, 3.63) is 83.3 Å². The van der Waals surface area contributed by atoms with E-state index in [1.54, 1.807) is 37.5 Å². The van der Waals surface area contributed by atoms with Crippen molar-refractivity contribution < 1.29 is 9.18 Å². The molecule has 2 heterocycles. The molecule has 7 heteroatoms. The fraction of sp³-hybridized carbons (Fsp3) is 0.200. The van der Waals surface area contributed by atoms with Gasteiger partial charge in [-0.05, 0) is 42.7 Å². The first-order chi connectivity index (χ1) is 13.1. The first kappa shape index (κ1) is 18.4. The molecule has 6 nitrogen and oxygen atoms in total. The molecule has 3 aromatic rings. The summed E-state index contributed by atoms with van der Waals surface area (Å²) in [5, 5.41) is 6.01. The molecule has 0 radical (unpaired) electrons. The van der Waals surface area contributed by atoms with Gasteiger partial charge in [0.25, 0.3) is 5.91 Å². The van der Waals surface area contributed by atoms with Crippen LogP contribution < -0.4 is 10.6 Å². The van der Waals surface area contributed by atoms with E-state index in [1.807, 2.05) is 12.1 Å². The van der Waals surface area contributed by atoms with Crippen molar-refractivity contribution in [2.45, 2.75) is 19.9 Å². The van der Waals surface area contributed by atoms with Gasteiger partial charge in [0.2, 0.25) is 0 Å². The molecular weight excluding hydrogens is 345 g/mol. The molecule has 0 aliphatic carbocycles. The second kappa shape index (κ2) is 8.84. The number of anilines is 1. The smallest absolute Gasteiger partial charge is 0.270 e. The topological polar surface area (TPSA) is 79.8 Å². The number of hydrogen-bond acceptors (Lipinski definition) is 5. The van der Waals surface area contributed by atoms with Crippen molar-refractivity contribution in [2.75, 3.05) is 11.9 Å². The van der Waals surface area contributed by atoms with E-state index in [0.29, 0.717) is 36.8 Å². The molecule has 0 saturated carbocycles. The van der Waals surface area contributed by atoms with E-state index in [4.69, 9.17) is 0 Å². The lowest BCUT2D eigenvalue weighted by Crippen LogP contribution is -2.27. The van der Waals surface area contributed by atoms with E-state index < -0.39 is 0 Å². The predicted octanol–water partition coefficient (Wildman–Crippen LogP) is 2.90. The number of carbonyl (C=O) groups excluding carboxylic acids is 1. The lowest BCUT2D eigenvalue weighted by molar-refractivity contribution is 0.0949. The first-order valence-corrected chi connectivity index (χ1v) is 8.61. The van der Waals surface area contributed by atoms with Crippen LogP contribution in [0, 0.1) is 12.7 Å². The standard InChI is InChI=1S/C20H20FN5O/c1-14-25-18(11-19(26-14)24-13-16-3-2-9-22-12-16)20(27)23-10-8-15-4-6-17(21)7-5-15/h2-7,9,11-12H,8,10,13H2,1H3,(H,23,27)(H,24,25,26). The quantitative estimate of drug-likeness (QED) is 0.673. The number of pyridine rings is 1. The minimum atomic E-state index is -0.273. The van der Waals surface area contributed by atoms with Crippen molar-refractivity contribution in [1.82, 2.24) is 20.3 Å². The summed E-state index contributed by atoms with van der Waals surface area (Å²) < 4.78 is 12.9. The van der Waals surface area contributed by atoms with Crippen molar-refractivity contribution in [2.24, 2.45) is 0 Å². The summed E-state index contributed by atoms with van der Waals surface area (Å²) in [6, 6.07) is 11.7. The van der Waals surface area contributed by atoms with Crippen molar-refractivity contribution in [3.63, 3.8) is 0 Å². The summed E-state index contributed by atoms with van der Waals surface area (Å²) in [6.07, 6.45) is 4.10. The average Bonchev–Trinajstić information content (AvgIpc) is 2.68. The second-order valence-electron chi connectivity index (χ2n) is 6.03. The van der Waals surface area contributed by atoms with Gasteiger partial charge in [0.05, 0.1) is 0 Å². The van der Waals surface area contributed by atoms with Crippen molar-refractivity contribution in [1.29, 1.82) is 0 Å². The maximum atomic E-state index is 12.9. The molecule has 0 unspecified atom stereocenters. The van der Waals surface area contributed by atoms with Crippen LogP contribution in [0.1, 0.15) is 27.4 Å². The zero-order chi connectivity index (χ0) is 19.1. The molecule has 2 aromatic heterocycles. The number of amides is 1. The number of aryl methyl sites for hydroxylation is 1. The molecule has 0 saturated heterocycles. The van der Waals surface area contributed by atoms with E-state index in [0.717, 1.165) is 11.1 Å². The Bertz CT molecular complexity index is 900. The van der Waals surface area contributed by atoms with E-state index in [1.165, 1.54) is 12.1 Å². The zero-order valence-electron chi connectivity index (χ0n) is 14.9. The van der Waals surface area contributed by atoms with Crippen LogP contribution in [0.25, 0.3) is 0 Å². The van der Waals surface area contributed by atoms with Gasteiger partial charge >= 0.3 is 0 Å². The van der Waals surface area contributed by atoms with Crippen molar-refractivity contribution >= 4 is 11.7 Å². The Morgan fingerprint density at radius 3 is 2.67 bits per heavy atom. The molecule has 0 bridgehead atoms. The van der Waals surface area contributed by atoms with Crippen LogP contribution >= 0.6 is 0 Å². The minimum Gasteiger partial charge on any atom is -0.366 e. The molecule has 0 aliphatic heterocycles. The summed E-state index contributed by atoms with van der Waals surface area (Å²) in [4.78, 5) is 24.9. The molecule has 27 heavy (non-hydrogen) atoms. The summed E-state index contributed by atoms with van der Waals surface area (Å²) >= 11 is 0. The van der Waals surface area contributed by atoms with E-state index in [2.05, 4.69) is 25.6 Å². The monoisotopic (exact) mass is 365 g/mol. The lowest BCUT2D eigenvalue weighted by atomic mass is 10.1. The normalized spacial score (nSPS) is 10.4.